The molecule has 0 radical (unpaired) electrons. The summed E-state index contributed by atoms with van der Waals surface area (Å²) in [6, 6.07) is 11.5. The summed E-state index contributed by atoms with van der Waals surface area (Å²) in [6.45, 7) is 0. The van der Waals surface area contributed by atoms with Crippen molar-refractivity contribution in [3.63, 3.8) is 0 Å². The number of halogens is 1. The highest BCUT2D eigenvalue weighted by Crippen LogP contribution is 2.28. The van der Waals surface area contributed by atoms with Gasteiger partial charge in [0.2, 0.25) is 5.91 Å². The highest BCUT2D eigenvalue weighted by molar-refractivity contribution is 7.99. The molecule has 2 aromatic carbocycles. The van der Waals surface area contributed by atoms with E-state index >= 15 is 0 Å². The number of nitro groups is 1. The van der Waals surface area contributed by atoms with Crippen LogP contribution >= 0.6 is 23.4 Å². The number of carbonyl (C=O) groups excluding carboxylic acids is 1. The Morgan fingerprint density at radius 3 is 2.75 bits per heavy atom. The van der Waals surface area contributed by atoms with Crippen LogP contribution in [0.1, 0.15) is 0 Å². The van der Waals surface area contributed by atoms with E-state index in [1.165, 1.54) is 30.0 Å². The van der Waals surface area contributed by atoms with Gasteiger partial charge in [0.1, 0.15) is 11.4 Å². The first-order valence-corrected chi connectivity index (χ1v) is 9.38. The number of anilines is 1. The number of amides is 1. The van der Waals surface area contributed by atoms with Gasteiger partial charge >= 0.3 is 0 Å². The van der Waals surface area contributed by atoms with E-state index in [1.54, 1.807) is 19.5 Å². The molecule has 10 heteroatoms. The second-order valence-electron chi connectivity index (χ2n) is 5.53. The van der Waals surface area contributed by atoms with Gasteiger partial charge in [-0.15, -0.1) is 0 Å². The van der Waals surface area contributed by atoms with Crippen LogP contribution in [0.15, 0.2) is 60.0 Å². The Morgan fingerprint density at radius 2 is 2.07 bits per heavy atom. The largest absolute Gasteiger partial charge is 0.497 e. The molecule has 8 nitrogen and oxygen atoms in total. The Labute approximate surface area is 169 Å². The Hall–Kier alpha value is -3.04. The number of aromatic nitrogens is 2. The molecule has 144 valence electrons. The molecule has 1 N–H and O–H groups in total. The van der Waals surface area contributed by atoms with Crippen molar-refractivity contribution in [1.82, 2.24) is 9.55 Å². The van der Waals surface area contributed by atoms with Crippen molar-refractivity contribution in [1.29, 1.82) is 0 Å². The van der Waals surface area contributed by atoms with Crippen LogP contribution in [0, 0.1) is 10.1 Å². The number of hydrogen-bond acceptors (Lipinski definition) is 6. The van der Waals surface area contributed by atoms with Gasteiger partial charge in [-0.3, -0.25) is 19.5 Å². The highest BCUT2D eigenvalue weighted by atomic mass is 35.5. The molecule has 0 saturated carbocycles. The SMILES string of the molecule is COc1ccc(-n2ccnc2SCC(=O)Nc2ccc(Cl)cc2[N+](=O)[O-])cc1. The number of nitrogens with one attached hydrogen (secondary N) is 1. The fourth-order valence-corrected chi connectivity index (χ4v) is 3.35. The Bertz CT molecular complexity index is 1010. The first kappa shape index (κ1) is 19.7. The van der Waals surface area contributed by atoms with Gasteiger partial charge in [-0.05, 0) is 36.4 Å². The smallest absolute Gasteiger partial charge is 0.294 e. The number of nitro benzene ring substituents is 1. The van der Waals surface area contributed by atoms with Gasteiger partial charge in [0.25, 0.3) is 5.69 Å². The molecule has 3 rings (SSSR count). The van der Waals surface area contributed by atoms with Gasteiger partial charge in [-0.1, -0.05) is 23.4 Å². The third kappa shape index (κ3) is 4.62. The van der Waals surface area contributed by atoms with E-state index in [9.17, 15) is 14.9 Å². The van der Waals surface area contributed by atoms with E-state index in [2.05, 4.69) is 10.3 Å². The van der Waals surface area contributed by atoms with Crippen LogP contribution in [0.2, 0.25) is 5.02 Å². The van der Waals surface area contributed by atoms with Crippen molar-refractivity contribution in [2.75, 3.05) is 18.2 Å². The first-order chi connectivity index (χ1) is 13.5. The molecular formula is C18H15ClN4O4S. The summed E-state index contributed by atoms with van der Waals surface area (Å²) >= 11 is 7.00. The molecule has 1 aromatic heterocycles. The topological polar surface area (TPSA) is 99.3 Å². The molecule has 0 bridgehead atoms. The van der Waals surface area contributed by atoms with Gasteiger partial charge in [0, 0.05) is 29.2 Å². The molecule has 1 amide bonds. The van der Waals surface area contributed by atoms with Crippen LogP contribution in [0.25, 0.3) is 5.69 Å². The van der Waals surface area contributed by atoms with Gasteiger partial charge < -0.3 is 10.1 Å². The Balaban J connectivity index is 1.68. The molecule has 0 aliphatic heterocycles. The molecule has 3 aromatic rings. The maximum absolute atomic E-state index is 12.3. The van der Waals surface area contributed by atoms with Crippen LogP contribution in [-0.2, 0) is 4.79 Å². The number of carbonyl (C=O) groups is 1. The molecule has 28 heavy (non-hydrogen) atoms. The minimum absolute atomic E-state index is 0.0347. The fraction of sp³-hybridized carbons (Fsp3) is 0.111. The van der Waals surface area contributed by atoms with Crippen LogP contribution in [0.4, 0.5) is 11.4 Å². The summed E-state index contributed by atoms with van der Waals surface area (Å²) < 4.78 is 6.98. The average Bonchev–Trinajstić information content (AvgIpc) is 3.16. The van der Waals surface area contributed by atoms with Gasteiger partial charge in [-0.2, -0.15) is 0 Å². The number of nitrogens with zero attached hydrogens (tertiary/aromatic N) is 3. The average molecular weight is 419 g/mol. The van der Waals surface area contributed by atoms with E-state index < -0.39 is 4.92 Å². The van der Waals surface area contributed by atoms with Crippen molar-refractivity contribution in [3.8, 4) is 11.4 Å². The Morgan fingerprint density at radius 1 is 1.32 bits per heavy atom. The fourth-order valence-electron chi connectivity index (χ4n) is 2.41. The lowest BCUT2D eigenvalue weighted by molar-refractivity contribution is -0.383. The van der Waals surface area contributed by atoms with Gasteiger partial charge in [0.15, 0.2) is 5.16 Å². The molecule has 0 saturated heterocycles. The predicted octanol–water partition coefficient (Wildman–Crippen LogP) is 4.17. The van der Waals surface area contributed by atoms with E-state index in [1.807, 2.05) is 28.8 Å². The summed E-state index contributed by atoms with van der Waals surface area (Å²) in [4.78, 5) is 27.0. The molecule has 1 heterocycles. The molecular weight excluding hydrogens is 404 g/mol. The molecule has 0 spiro atoms. The first-order valence-electron chi connectivity index (χ1n) is 8.02. The normalized spacial score (nSPS) is 10.5. The number of methoxy groups -OCH3 is 1. The number of thioether (sulfide) groups is 1. The van der Waals surface area contributed by atoms with Crippen molar-refractivity contribution in [3.05, 3.63) is 70.0 Å². The summed E-state index contributed by atoms with van der Waals surface area (Å²) in [5.41, 5.74) is 0.707. The van der Waals surface area contributed by atoms with E-state index in [-0.39, 0.29) is 28.1 Å². The standard InChI is InChI=1S/C18H15ClN4O4S/c1-27-14-5-3-13(4-6-14)22-9-8-20-18(22)28-11-17(24)21-15-7-2-12(19)10-16(15)23(25)26/h2-10H,11H2,1H3,(H,21,24). The van der Waals surface area contributed by atoms with Crippen LogP contribution in [0.3, 0.4) is 0 Å². The summed E-state index contributed by atoms with van der Waals surface area (Å²) in [6.07, 6.45) is 3.42. The summed E-state index contributed by atoms with van der Waals surface area (Å²) in [5.74, 6) is 0.383. The van der Waals surface area contributed by atoms with Crippen LogP contribution in [0.5, 0.6) is 5.75 Å². The van der Waals surface area contributed by atoms with Crippen LogP contribution in [-0.4, -0.2) is 33.2 Å². The minimum Gasteiger partial charge on any atom is -0.497 e. The lowest BCUT2D eigenvalue weighted by atomic mass is 10.2. The lowest BCUT2D eigenvalue weighted by Crippen LogP contribution is -2.15. The summed E-state index contributed by atoms with van der Waals surface area (Å²) in [7, 11) is 1.59. The minimum atomic E-state index is -0.592. The molecule has 0 aliphatic rings. The highest BCUT2D eigenvalue weighted by Gasteiger charge is 2.17. The van der Waals surface area contributed by atoms with Gasteiger partial charge in [0.05, 0.1) is 17.8 Å². The Kier molecular flexibility index (Phi) is 6.17. The second-order valence-corrected chi connectivity index (χ2v) is 6.91. The molecule has 0 fully saturated rings. The second kappa shape index (κ2) is 8.77. The van der Waals surface area contributed by atoms with E-state index in [0.29, 0.717) is 5.16 Å². The van der Waals surface area contributed by atoms with Crippen molar-refractivity contribution in [2.45, 2.75) is 5.16 Å². The lowest BCUT2D eigenvalue weighted by Gasteiger charge is -2.09. The van der Waals surface area contributed by atoms with Crippen molar-refractivity contribution in [2.24, 2.45) is 0 Å². The number of imidazole rings is 1. The number of rotatable bonds is 7. The van der Waals surface area contributed by atoms with Crippen molar-refractivity contribution < 1.29 is 14.5 Å². The monoisotopic (exact) mass is 418 g/mol. The molecule has 0 atom stereocenters. The maximum atomic E-state index is 12.3. The number of ether oxygens (including phenoxy) is 1. The number of hydrogen-bond donors (Lipinski definition) is 1. The quantitative estimate of drug-likeness (QED) is 0.351. The maximum Gasteiger partial charge on any atom is 0.294 e. The van der Waals surface area contributed by atoms with E-state index in [0.717, 1.165) is 11.4 Å². The summed E-state index contributed by atoms with van der Waals surface area (Å²) in [5, 5.41) is 14.5. The zero-order chi connectivity index (χ0) is 20.1. The third-order valence-electron chi connectivity index (χ3n) is 3.72. The zero-order valence-corrected chi connectivity index (χ0v) is 16.2. The zero-order valence-electron chi connectivity index (χ0n) is 14.7. The number of benzene rings is 2. The van der Waals surface area contributed by atoms with E-state index in [4.69, 9.17) is 16.3 Å². The predicted molar refractivity (Wildman–Crippen MR) is 108 cm³/mol. The third-order valence-corrected chi connectivity index (χ3v) is 4.92. The van der Waals surface area contributed by atoms with Gasteiger partial charge in [-0.25, -0.2) is 4.98 Å². The van der Waals surface area contributed by atoms with Crippen LogP contribution < -0.4 is 10.1 Å². The molecule has 0 aliphatic carbocycles. The molecule has 0 unspecified atom stereocenters. The van der Waals surface area contributed by atoms with Crippen molar-refractivity contribution >= 4 is 40.6 Å².